The smallest absolute Gasteiger partial charge is 0.297 e. The molecule has 3 atom stereocenters. The molecule has 11 heteroatoms. The zero-order valence-electron chi connectivity index (χ0n) is 19.4. The Morgan fingerprint density at radius 2 is 2.26 bits per heavy atom. The van der Waals surface area contributed by atoms with E-state index in [2.05, 4.69) is 38.1 Å². The molecule has 3 N–H and O–H groups in total. The van der Waals surface area contributed by atoms with Gasteiger partial charge in [0.15, 0.2) is 0 Å². The van der Waals surface area contributed by atoms with E-state index in [1.165, 1.54) is 17.4 Å². The van der Waals surface area contributed by atoms with Crippen molar-refractivity contribution >= 4 is 16.3 Å². The highest BCUT2D eigenvalue weighted by molar-refractivity contribution is 7.16. The molecule has 1 fully saturated rings. The fourth-order valence-electron chi connectivity index (χ4n) is 5.25. The molecule has 0 saturated carbocycles. The van der Waals surface area contributed by atoms with E-state index >= 15 is 0 Å². The molecule has 1 aliphatic carbocycles. The second-order valence-electron chi connectivity index (χ2n) is 9.31. The summed E-state index contributed by atoms with van der Waals surface area (Å²) in [6, 6.07) is 3.96. The van der Waals surface area contributed by atoms with Gasteiger partial charge in [-0.25, -0.2) is 0 Å². The molecule has 34 heavy (non-hydrogen) atoms. The SMILES string of the molecule is C[C@H](Oc1nc(-c2noc(C3(C)CCCc4sc(N)c(C#N)c43)n2)cc(=O)[nH]1)[C@@H]1CCCN1C. The molecule has 0 radical (unpaired) electrons. The summed E-state index contributed by atoms with van der Waals surface area (Å²) in [4.78, 5) is 27.4. The van der Waals surface area contributed by atoms with Crippen LogP contribution in [0, 0.1) is 11.3 Å². The molecule has 0 spiro atoms. The second-order valence-corrected chi connectivity index (χ2v) is 10.4. The van der Waals surface area contributed by atoms with Crippen molar-refractivity contribution in [3.63, 3.8) is 0 Å². The van der Waals surface area contributed by atoms with E-state index in [4.69, 9.17) is 15.0 Å². The lowest BCUT2D eigenvalue weighted by Gasteiger charge is -2.30. The van der Waals surface area contributed by atoms with Gasteiger partial charge in [-0.15, -0.1) is 11.3 Å². The number of aromatic nitrogens is 4. The number of nitrogens with two attached hydrogens (primary N) is 1. The lowest BCUT2D eigenvalue weighted by molar-refractivity contribution is 0.111. The van der Waals surface area contributed by atoms with Gasteiger partial charge < -0.3 is 15.0 Å². The molecule has 0 amide bonds. The van der Waals surface area contributed by atoms with Gasteiger partial charge in [0.1, 0.15) is 22.9 Å². The van der Waals surface area contributed by atoms with Crippen LogP contribution in [0.25, 0.3) is 11.5 Å². The molecule has 4 heterocycles. The van der Waals surface area contributed by atoms with Crippen molar-refractivity contribution in [3.8, 4) is 23.6 Å². The van der Waals surface area contributed by atoms with Gasteiger partial charge in [0, 0.05) is 22.5 Å². The Balaban J connectivity index is 1.46. The van der Waals surface area contributed by atoms with Crippen molar-refractivity contribution in [3.05, 3.63) is 38.3 Å². The van der Waals surface area contributed by atoms with Crippen molar-refractivity contribution < 1.29 is 9.26 Å². The van der Waals surface area contributed by atoms with Gasteiger partial charge in [-0.1, -0.05) is 5.16 Å². The number of hydrogen-bond acceptors (Lipinski definition) is 10. The highest BCUT2D eigenvalue weighted by Crippen LogP contribution is 2.48. The molecular weight excluding hydrogens is 454 g/mol. The maximum atomic E-state index is 12.4. The number of rotatable bonds is 5. The average molecular weight is 482 g/mol. The quantitative estimate of drug-likeness (QED) is 0.561. The number of H-pyrrole nitrogens is 1. The Kier molecular flexibility index (Phi) is 5.65. The number of anilines is 1. The molecule has 10 nitrogen and oxygen atoms in total. The van der Waals surface area contributed by atoms with Crippen LogP contribution in [-0.2, 0) is 11.8 Å². The molecule has 0 bridgehead atoms. The van der Waals surface area contributed by atoms with E-state index in [1.54, 1.807) is 0 Å². The van der Waals surface area contributed by atoms with Crippen LogP contribution in [0.3, 0.4) is 0 Å². The van der Waals surface area contributed by atoms with Gasteiger partial charge in [0.05, 0.1) is 11.0 Å². The Morgan fingerprint density at radius 3 is 3.00 bits per heavy atom. The van der Waals surface area contributed by atoms with Crippen LogP contribution in [0.2, 0.25) is 0 Å². The third kappa shape index (κ3) is 3.76. The van der Waals surface area contributed by atoms with E-state index in [0.717, 1.165) is 49.1 Å². The van der Waals surface area contributed by atoms with Gasteiger partial charge >= 0.3 is 0 Å². The standard InChI is InChI=1S/C23H27N7O3S/c1-12(15-6-5-9-30(15)3)32-22-26-14(10-17(31)27-22)20-28-21(33-29-20)23(2)8-4-7-16-18(23)13(11-24)19(25)34-16/h10,12,15H,4-9,25H2,1-3H3,(H,26,27,31)/t12-,15-,23?/m0/s1. The predicted octanol–water partition coefficient (Wildman–Crippen LogP) is 2.84. The number of thiophene rings is 1. The lowest BCUT2D eigenvalue weighted by Crippen LogP contribution is -2.38. The monoisotopic (exact) mass is 481 g/mol. The third-order valence-corrected chi connectivity index (χ3v) is 8.09. The zero-order valence-corrected chi connectivity index (χ0v) is 20.2. The molecule has 1 unspecified atom stereocenters. The van der Waals surface area contributed by atoms with Gasteiger partial charge in [0.2, 0.25) is 11.7 Å². The van der Waals surface area contributed by atoms with Crippen LogP contribution >= 0.6 is 11.3 Å². The number of nitrogens with zero attached hydrogens (tertiary/aromatic N) is 5. The summed E-state index contributed by atoms with van der Waals surface area (Å²) < 4.78 is 11.7. The van der Waals surface area contributed by atoms with Crippen molar-refractivity contribution in [1.29, 1.82) is 5.26 Å². The maximum absolute atomic E-state index is 12.4. The van der Waals surface area contributed by atoms with E-state index in [9.17, 15) is 10.1 Å². The summed E-state index contributed by atoms with van der Waals surface area (Å²) in [6.07, 6.45) is 4.55. The first-order valence-electron chi connectivity index (χ1n) is 11.4. The van der Waals surface area contributed by atoms with E-state index < -0.39 is 5.41 Å². The van der Waals surface area contributed by atoms with Crippen molar-refractivity contribution in [2.45, 2.75) is 63.5 Å². The largest absolute Gasteiger partial charge is 0.460 e. The van der Waals surface area contributed by atoms with Gasteiger partial charge in [0.25, 0.3) is 11.6 Å². The number of nitrogens with one attached hydrogen (secondary N) is 1. The highest BCUT2D eigenvalue weighted by atomic mass is 32.1. The van der Waals surface area contributed by atoms with E-state index in [-0.39, 0.29) is 35.2 Å². The molecular formula is C23H27N7O3S. The number of likely N-dealkylation sites (N-methyl/N-ethyl adjacent to an activating group) is 1. The molecule has 5 rings (SSSR count). The van der Waals surface area contributed by atoms with Crippen LogP contribution < -0.4 is 16.0 Å². The van der Waals surface area contributed by atoms with Crippen LogP contribution in [0.1, 0.15) is 61.4 Å². The fraction of sp³-hybridized carbons (Fsp3) is 0.522. The molecule has 3 aromatic heterocycles. The molecule has 178 valence electrons. The zero-order chi connectivity index (χ0) is 24.0. The van der Waals surface area contributed by atoms with Gasteiger partial charge in [-0.3, -0.25) is 14.7 Å². The summed E-state index contributed by atoms with van der Waals surface area (Å²) in [7, 11) is 2.07. The van der Waals surface area contributed by atoms with Gasteiger partial charge in [-0.05, 0) is 59.5 Å². The number of aryl methyl sites for hydroxylation is 1. The Hall–Kier alpha value is -3.23. The van der Waals surface area contributed by atoms with Crippen LogP contribution in [0.5, 0.6) is 6.01 Å². The fourth-order valence-corrected chi connectivity index (χ4v) is 6.44. The summed E-state index contributed by atoms with van der Waals surface area (Å²) >= 11 is 1.45. The van der Waals surface area contributed by atoms with Crippen LogP contribution in [0.4, 0.5) is 5.00 Å². The summed E-state index contributed by atoms with van der Waals surface area (Å²) in [5.74, 6) is 0.579. The van der Waals surface area contributed by atoms with E-state index in [1.807, 2.05) is 13.8 Å². The number of hydrogen-bond donors (Lipinski definition) is 2. The number of fused-ring (bicyclic) bond motifs is 1. The minimum atomic E-state index is -0.639. The maximum Gasteiger partial charge on any atom is 0.297 e. The predicted molar refractivity (Wildman–Crippen MR) is 127 cm³/mol. The number of aromatic amines is 1. The molecule has 1 aliphatic heterocycles. The first-order valence-corrected chi connectivity index (χ1v) is 12.3. The normalized spacial score (nSPS) is 23.4. The van der Waals surface area contributed by atoms with E-state index in [0.29, 0.717) is 16.5 Å². The number of nitriles is 1. The lowest BCUT2D eigenvalue weighted by atomic mass is 9.72. The molecule has 0 aromatic carbocycles. The van der Waals surface area contributed by atoms with Crippen molar-refractivity contribution in [2.24, 2.45) is 0 Å². The number of nitrogen functional groups attached to an aromatic ring is 1. The van der Waals surface area contributed by atoms with Gasteiger partial charge in [-0.2, -0.15) is 15.2 Å². The number of ether oxygens (including phenoxy) is 1. The van der Waals surface area contributed by atoms with Crippen molar-refractivity contribution in [1.82, 2.24) is 25.0 Å². The molecule has 3 aromatic rings. The molecule has 2 aliphatic rings. The summed E-state index contributed by atoms with van der Waals surface area (Å²) in [5.41, 5.74) is 6.74. The number of likely N-dealkylation sites (tertiary alicyclic amines) is 1. The Morgan fingerprint density at radius 1 is 1.44 bits per heavy atom. The van der Waals surface area contributed by atoms with Crippen molar-refractivity contribution in [2.75, 3.05) is 19.3 Å². The second kappa shape index (κ2) is 8.52. The minimum Gasteiger partial charge on any atom is -0.460 e. The topological polar surface area (TPSA) is 147 Å². The third-order valence-electron chi connectivity index (χ3n) is 7.02. The van der Waals surface area contributed by atoms with Crippen LogP contribution in [-0.4, -0.2) is 50.7 Å². The summed E-state index contributed by atoms with van der Waals surface area (Å²) in [6.45, 7) is 5.00. The molecule has 1 saturated heterocycles. The Labute approximate surface area is 200 Å². The highest BCUT2D eigenvalue weighted by Gasteiger charge is 2.43. The summed E-state index contributed by atoms with van der Waals surface area (Å²) in [5, 5.41) is 14.3. The van der Waals surface area contributed by atoms with Crippen LogP contribution in [0.15, 0.2) is 15.4 Å². The first kappa shape index (κ1) is 22.6. The average Bonchev–Trinajstić information content (AvgIpc) is 3.52. The first-order chi connectivity index (χ1) is 16.3. The Bertz CT molecular complexity index is 1320. The minimum absolute atomic E-state index is 0.130.